The number of nitriles is 1. The van der Waals surface area contributed by atoms with E-state index in [1.165, 1.54) is 23.9 Å². The van der Waals surface area contributed by atoms with E-state index in [1.54, 1.807) is 36.5 Å². The molecule has 0 saturated carbocycles. The molecule has 0 atom stereocenters. The third kappa shape index (κ3) is 3.46. The molecule has 7 nitrogen and oxygen atoms in total. The van der Waals surface area contributed by atoms with Gasteiger partial charge in [-0.25, -0.2) is 9.37 Å². The van der Waals surface area contributed by atoms with Gasteiger partial charge < -0.3 is 15.3 Å². The SMILES string of the molecule is N#CCC(=O)Nc1cccc(Sc2nc3c4cc[nH]c(=O)c4c4cc(F)ccc4c3[nH]2)c1. The summed E-state index contributed by atoms with van der Waals surface area (Å²) < 4.78 is 14.0. The Kier molecular flexibility index (Phi) is 4.84. The number of H-pyrrole nitrogens is 2. The number of pyridine rings is 1. The predicted octanol–water partition coefficient (Wildman–Crippen LogP) is 4.70. The van der Waals surface area contributed by atoms with Crippen molar-refractivity contribution in [3.05, 3.63) is 70.9 Å². The van der Waals surface area contributed by atoms with Crippen LogP contribution in [0.15, 0.2) is 69.6 Å². The maximum atomic E-state index is 14.0. The first kappa shape index (κ1) is 19.8. The summed E-state index contributed by atoms with van der Waals surface area (Å²) in [5, 5.41) is 14.1. The molecule has 0 saturated heterocycles. The highest BCUT2D eigenvalue weighted by molar-refractivity contribution is 7.99. The number of anilines is 1. The van der Waals surface area contributed by atoms with E-state index >= 15 is 0 Å². The van der Waals surface area contributed by atoms with Crippen molar-refractivity contribution in [2.24, 2.45) is 0 Å². The average Bonchev–Trinajstić information content (AvgIpc) is 3.18. The van der Waals surface area contributed by atoms with E-state index in [4.69, 9.17) is 10.2 Å². The number of aromatic nitrogens is 3. The summed E-state index contributed by atoms with van der Waals surface area (Å²) in [6.07, 6.45) is 1.32. The van der Waals surface area contributed by atoms with Gasteiger partial charge >= 0.3 is 0 Å². The van der Waals surface area contributed by atoms with E-state index in [0.717, 1.165) is 4.90 Å². The van der Waals surface area contributed by atoms with Crippen molar-refractivity contribution >= 4 is 55.9 Å². The van der Waals surface area contributed by atoms with E-state index in [9.17, 15) is 14.0 Å². The summed E-state index contributed by atoms with van der Waals surface area (Å²) in [6, 6.07) is 15.1. The van der Waals surface area contributed by atoms with Gasteiger partial charge in [-0.15, -0.1) is 0 Å². The number of fused-ring (bicyclic) bond motifs is 6. The fourth-order valence-electron chi connectivity index (χ4n) is 3.70. The molecular formula is C23H14FN5O2S. The highest BCUT2D eigenvalue weighted by Crippen LogP contribution is 2.35. The molecule has 32 heavy (non-hydrogen) atoms. The number of nitrogens with zero attached hydrogens (tertiary/aromatic N) is 2. The summed E-state index contributed by atoms with van der Waals surface area (Å²) in [6.45, 7) is 0. The number of hydrogen-bond donors (Lipinski definition) is 3. The van der Waals surface area contributed by atoms with Gasteiger partial charge in [-0.2, -0.15) is 5.26 Å². The lowest BCUT2D eigenvalue weighted by atomic mass is 10.0. The maximum Gasteiger partial charge on any atom is 0.256 e. The lowest BCUT2D eigenvalue weighted by Gasteiger charge is -2.05. The fraction of sp³-hybridized carbons (Fsp3) is 0.0435. The van der Waals surface area contributed by atoms with Crippen molar-refractivity contribution in [3.63, 3.8) is 0 Å². The van der Waals surface area contributed by atoms with E-state index in [1.807, 2.05) is 12.1 Å². The number of imidazole rings is 1. The van der Waals surface area contributed by atoms with Crippen molar-refractivity contribution in [1.29, 1.82) is 5.26 Å². The minimum Gasteiger partial charge on any atom is -0.332 e. The summed E-state index contributed by atoms with van der Waals surface area (Å²) in [5.41, 5.74) is 1.59. The molecule has 3 aromatic carbocycles. The van der Waals surface area contributed by atoms with Crippen LogP contribution in [0.2, 0.25) is 0 Å². The van der Waals surface area contributed by atoms with Gasteiger partial charge in [0, 0.05) is 32.9 Å². The summed E-state index contributed by atoms with van der Waals surface area (Å²) in [7, 11) is 0. The molecule has 0 spiro atoms. The van der Waals surface area contributed by atoms with Crippen molar-refractivity contribution in [3.8, 4) is 6.07 Å². The second-order valence-electron chi connectivity index (χ2n) is 7.06. The highest BCUT2D eigenvalue weighted by Gasteiger charge is 2.16. The predicted molar refractivity (Wildman–Crippen MR) is 121 cm³/mol. The second-order valence-corrected chi connectivity index (χ2v) is 8.13. The largest absolute Gasteiger partial charge is 0.332 e. The van der Waals surface area contributed by atoms with Gasteiger partial charge in [-0.1, -0.05) is 17.8 Å². The van der Waals surface area contributed by atoms with Gasteiger partial charge in [0.15, 0.2) is 5.16 Å². The summed E-state index contributed by atoms with van der Waals surface area (Å²) >= 11 is 1.35. The van der Waals surface area contributed by atoms with Gasteiger partial charge in [0.1, 0.15) is 12.2 Å². The number of carbonyl (C=O) groups excluding carboxylic acids is 1. The summed E-state index contributed by atoms with van der Waals surface area (Å²) in [5.74, 6) is -0.806. The highest BCUT2D eigenvalue weighted by atomic mass is 32.2. The molecule has 2 aromatic heterocycles. The van der Waals surface area contributed by atoms with Gasteiger partial charge in [-0.3, -0.25) is 9.59 Å². The van der Waals surface area contributed by atoms with E-state index in [2.05, 4.69) is 15.3 Å². The second kappa shape index (κ2) is 7.83. The number of amides is 1. The van der Waals surface area contributed by atoms with Crippen LogP contribution in [-0.4, -0.2) is 20.9 Å². The molecule has 5 aromatic rings. The molecule has 1 amide bonds. The molecule has 0 radical (unpaired) electrons. The lowest BCUT2D eigenvalue weighted by molar-refractivity contribution is -0.115. The Morgan fingerprint density at radius 2 is 2.03 bits per heavy atom. The molecule has 0 aliphatic carbocycles. The quantitative estimate of drug-likeness (QED) is 0.348. The smallest absolute Gasteiger partial charge is 0.256 e. The average molecular weight is 443 g/mol. The molecule has 5 rings (SSSR count). The number of halogens is 1. The normalized spacial score (nSPS) is 11.1. The number of benzene rings is 3. The topological polar surface area (TPSA) is 114 Å². The van der Waals surface area contributed by atoms with Gasteiger partial charge in [0.2, 0.25) is 5.91 Å². The molecule has 156 valence electrons. The monoisotopic (exact) mass is 443 g/mol. The van der Waals surface area contributed by atoms with Crippen LogP contribution in [0.4, 0.5) is 10.1 Å². The van der Waals surface area contributed by atoms with E-state index in [0.29, 0.717) is 43.4 Å². The van der Waals surface area contributed by atoms with Gasteiger partial charge in [-0.05, 0) is 42.5 Å². The Morgan fingerprint density at radius 1 is 1.16 bits per heavy atom. The Bertz CT molecular complexity index is 1630. The number of hydrogen-bond acceptors (Lipinski definition) is 5. The molecule has 9 heteroatoms. The molecule has 2 heterocycles. The first-order chi connectivity index (χ1) is 15.5. The molecule has 3 N–H and O–H groups in total. The number of nitrogens with one attached hydrogen (secondary N) is 3. The summed E-state index contributed by atoms with van der Waals surface area (Å²) in [4.78, 5) is 35.7. The van der Waals surface area contributed by atoms with Crippen LogP contribution in [0.5, 0.6) is 0 Å². The standard InChI is InChI=1S/C23H14FN5O2S/c24-12-4-5-15-17(10-12)19-16(7-9-26-22(19)31)21-20(15)28-23(29-21)32-14-3-1-2-13(11-14)27-18(30)6-8-25/h1-5,7,9-11H,6H2,(H,26,31)(H,27,30)(H,28,29). The van der Waals surface area contributed by atoms with Gasteiger partial charge in [0.25, 0.3) is 5.56 Å². The van der Waals surface area contributed by atoms with Crippen LogP contribution in [0, 0.1) is 17.1 Å². The minimum atomic E-state index is -0.425. The molecule has 0 bridgehead atoms. The van der Waals surface area contributed by atoms with Crippen LogP contribution in [0.3, 0.4) is 0 Å². The number of carbonyl (C=O) groups is 1. The van der Waals surface area contributed by atoms with Crippen LogP contribution in [0.25, 0.3) is 32.6 Å². The lowest BCUT2D eigenvalue weighted by Crippen LogP contribution is -2.09. The van der Waals surface area contributed by atoms with Gasteiger partial charge in [0.05, 0.1) is 22.5 Å². The van der Waals surface area contributed by atoms with Crippen molar-refractivity contribution in [2.45, 2.75) is 16.5 Å². The van der Waals surface area contributed by atoms with E-state index in [-0.39, 0.29) is 17.9 Å². The Labute approximate surface area is 184 Å². The van der Waals surface area contributed by atoms with Crippen molar-refractivity contribution in [2.75, 3.05) is 5.32 Å². The third-order valence-electron chi connectivity index (χ3n) is 4.99. The zero-order valence-corrected chi connectivity index (χ0v) is 17.2. The Balaban J connectivity index is 1.62. The molecule has 0 aliphatic rings. The molecule has 0 fully saturated rings. The first-order valence-electron chi connectivity index (χ1n) is 9.60. The van der Waals surface area contributed by atoms with E-state index < -0.39 is 5.82 Å². The first-order valence-corrected chi connectivity index (χ1v) is 10.4. The van der Waals surface area contributed by atoms with Crippen molar-refractivity contribution in [1.82, 2.24) is 15.0 Å². The van der Waals surface area contributed by atoms with Crippen LogP contribution < -0.4 is 10.9 Å². The molecule has 0 unspecified atom stereocenters. The Morgan fingerprint density at radius 3 is 2.88 bits per heavy atom. The maximum absolute atomic E-state index is 14.0. The Hall–Kier alpha value is -4.16. The van der Waals surface area contributed by atoms with Crippen molar-refractivity contribution < 1.29 is 9.18 Å². The zero-order valence-electron chi connectivity index (χ0n) is 16.4. The van der Waals surface area contributed by atoms with Crippen LogP contribution in [-0.2, 0) is 4.79 Å². The van der Waals surface area contributed by atoms with Crippen LogP contribution >= 0.6 is 11.8 Å². The number of rotatable bonds is 4. The number of aromatic amines is 2. The zero-order chi connectivity index (χ0) is 22.2. The fourth-order valence-corrected chi connectivity index (χ4v) is 4.55. The third-order valence-corrected chi connectivity index (χ3v) is 5.87. The molecule has 0 aliphatic heterocycles. The molecular weight excluding hydrogens is 429 g/mol. The minimum absolute atomic E-state index is 0.221. The van der Waals surface area contributed by atoms with Crippen LogP contribution in [0.1, 0.15) is 6.42 Å².